The fraction of sp³-hybridized carbons (Fsp3) is 0.750. The first-order chi connectivity index (χ1) is 10.5. The number of hydrogen-bond donors (Lipinski definition) is 1. The van der Waals surface area contributed by atoms with Crippen molar-refractivity contribution in [1.29, 1.82) is 0 Å². The van der Waals surface area contributed by atoms with Gasteiger partial charge in [-0.15, -0.1) is 0 Å². The van der Waals surface area contributed by atoms with Gasteiger partial charge < -0.3 is 15.4 Å². The van der Waals surface area contributed by atoms with Gasteiger partial charge in [-0.3, -0.25) is 9.48 Å². The van der Waals surface area contributed by atoms with Crippen LogP contribution in [-0.2, 0) is 22.2 Å². The fourth-order valence-corrected chi connectivity index (χ4v) is 3.64. The Morgan fingerprint density at radius 3 is 3.00 bits per heavy atom. The van der Waals surface area contributed by atoms with Crippen molar-refractivity contribution in [2.24, 2.45) is 18.7 Å². The second kappa shape index (κ2) is 6.01. The van der Waals surface area contributed by atoms with Gasteiger partial charge in [0, 0.05) is 37.3 Å². The molecule has 2 aliphatic rings. The highest BCUT2D eigenvalue weighted by Crippen LogP contribution is 2.31. The summed E-state index contributed by atoms with van der Waals surface area (Å²) in [6.45, 7) is 3.86. The Morgan fingerprint density at radius 2 is 2.32 bits per heavy atom. The van der Waals surface area contributed by atoms with Crippen molar-refractivity contribution >= 4 is 5.91 Å². The molecule has 3 rings (SSSR count). The maximum absolute atomic E-state index is 12.8. The standard InChI is InChI=1S/C16H26N4O2/c1-16(13-9-18-19(2)10-13)11-20(6-7-22-16)15(21)12-4-3-5-14(17)8-12/h9-10,12,14H,3-8,11,17H2,1-2H3. The molecular formula is C16H26N4O2. The lowest BCUT2D eigenvalue weighted by molar-refractivity contribution is -0.154. The minimum absolute atomic E-state index is 0.0833. The van der Waals surface area contributed by atoms with Crippen LogP contribution in [0.5, 0.6) is 0 Å². The monoisotopic (exact) mass is 306 g/mol. The molecule has 1 amide bonds. The third-order valence-corrected chi connectivity index (χ3v) is 4.97. The van der Waals surface area contributed by atoms with E-state index in [0.717, 1.165) is 31.2 Å². The molecule has 6 heteroatoms. The molecule has 1 aromatic rings. The highest BCUT2D eigenvalue weighted by atomic mass is 16.5. The van der Waals surface area contributed by atoms with Crippen molar-refractivity contribution in [3.8, 4) is 0 Å². The Kier molecular flexibility index (Phi) is 4.23. The van der Waals surface area contributed by atoms with E-state index < -0.39 is 5.60 Å². The molecule has 122 valence electrons. The predicted molar refractivity (Wildman–Crippen MR) is 83.0 cm³/mol. The lowest BCUT2D eigenvalue weighted by atomic mass is 9.84. The van der Waals surface area contributed by atoms with Gasteiger partial charge in [-0.05, 0) is 26.2 Å². The summed E-state index contributed by atoms with van der Waals surface area (Å²) in [6, 6.07) is 0.174. The van der Waals surface area contributed by atoms with Crippen molar-refractivity contribution in [2.75, 3.05) is 19.7 Å². The van der Waals surface area contributed by atoms with Crippen LogP contribution in [-0.4, -0.2) is 46.3 Å². The topological polar surface area (TPSA) is 73.4 Å². The largest absolute Gasteiger partial charge is 0.367 e. The summed E-state index contributed by atoms with van der Waals surface area (Å²) in [6.07, 6.45) is 7.67. The highest BCUT2D eigenvalue weighted by molar-refractivity contribution is 5.79. The van der Waals surface area contributed by atoms with Crippen molar-refractivity contribution in [3.05, 3.63) is 18.0 Å². The summed E-state index contributed by atoms with van der Waals surface area (Å²) < 4.78 is 7.75. The second-order valence-corrected chi connectivity index (χ2v) is 6.87. The molecule has 6 nitrogen and oxygen atoms in total. The van der Waals surface area contributed by atoms with E-state index >= 15 is 0 Å². The molecule has 1 saturated heterocycles. The zero-order valence-corrected chi connectivity index (χ0v) is 13.5. The fourth-order valence-electron chi connectivity index (χ4n) is 3.64. The second-order valence-electron chi connectivity index (χ2n) is 6.87. The number of carbonyl (C=O) groups excluding carboxylic acids is 1. The minimum atomic E-state index is -0.473. The van der Waals surface area contributed by atoms with E-state index in [1.165, 1.54) is 0 Å². The number of nitrogens with zero attached hydrogens (tertiary/aromatic N) is 3. The minimum Gasteiger partial charge on any atom is -0.367 e. The van der Waals surface area contributed by atoms with Gasteiger partial charge in [-0.2, -0.15) is 5.10 Å². The number of ether oxygens (including phenoxy) is 1. The summed E-state index contributed by atoms with van der Waals surface area (Å²) in [7, 11) is 1.89. The number of amides is 1. The lowest BCUT2D eigenvalue weighted by Crippen LogP contribution is -2.52. The highest BCUT2D eigenvalue weighted by Gasteiger charge is 2.39. The van der Waals surface area contributed by atoms with Crippen molar-refractivity contribution < 1.29 is 9.53 Å². The van der Waals surface area contributed by atoms with Crippen LogP contribution in [0.25, 0.3) is 0 Å². The van der Waals surface area contributed by atoms with Crippen LogP contribution in [0.3, 0.4) is 0 Å². The van der Waals surface area contributed by atoms with Crippen molar-refractivity contribution in [3.63, 3.8) is 0 Å². The molecule has 0 spiro atoms. The normalized spacial score (nSPS) is 33.0. The summed E-state index contributed by atoms with van der Waals surface area (Å²) in [5.74, 6) is 0.327. The van der Waals surface area contributed by atoms with Gasteiger partial charge in [0.2, 0.25) is 5.91 Å². The van der Waals surface area contributed by atoms with Crippen LogP contribution in [0.1, 0.15) is 38.2 Å². The molecule has 3 atom stereocenters. The first-order valence-electron chi connectivity index (χ1n) is 8.15. The van der Waals surface area contributed by atoms with E-state index in [0.29, 0.717) is 19.7 Å². The van der Waals surface area contributed by atoms with E-state index in [9.17, 15) is 4.79 Å². The van der Waals surface area contributed by atoms with Crippen LogP contribution in [0.2, 0.25) is 0 Å². The van der Waals surface area contributed by atoms with Gasteiger partial charge >= 0.3 is 0 Å². The summed E-state index contributed by atoms with van der Waals surface area (Å²) in [4.78, 5) is 14.8. The van der Waals surface area contributed by atoms with E-state index in [4.69, 9.17) is 10.5 Å². The van der Waals surface area contributed by atoms with Gasteiger partial charge in [0.25, 0.3) is 0 Å². The van der Waals surface area contributed by atoms with E-state index in [-0.39, 0.29) is 17.9 Å². The molecule has 1 aromatic heterocycles. The third-order valence-electron chi connectivity index (χ3n) is 4.97. The zero-order valence-electron chi connectivity index (χ0n) is 13.5. The Balaban J connectivity index is 1.71. The van der Waals surface area contributed by atoms with Crippen LogP contribution in [0.4, 0.5) is 0 Å². The Morgan fingerprint density at radius 1 is 1.50 bits per heavy atom. The first-order valence-corrected chi connectivity index (χ1v) is 8.15. The lowest BCUT2D eigenvalue weighted by Gasteiger charge is -2.42. The summed E-state index contributed by atoms with van der Waals surface area (Å²) in [5, 5.41) is 4.22. The zero-order chi connectivity index (χ0) is 15.7. The Bertz CT molecular complexity index is 544. The molecule has 1 saturated carbocycles. The maximum atomic E-state index is 12.8. The Labute approximate surface area is 131 Å². The van der Waals surface area contributed by atoms with Gasteiger partial charge in [0.05, 0.1) is 19.3 Å². The molecule has 2 heterocycles. The maximum Gasteiger partial charge on any atom is 0.225 e. The molecule has 0 radical (unpaired) electrons. The van der Waals surface area contributed by atoms with Gasteiger partial charge in [-0.1, -0.05) is 6.42 Å². The molecule has 3 unspecified atom stereocenters. The molecule has 0 aromatic carbocycles. The number of nitrogens with two attached hydrogens (primary N) is 1. The van der Waals surface area contributed by atoms with Crippen LogP contribution >= 0.6 is 0 Å². The average Bonchev–Trinajstić information content (AvgIpc) is 2.94. The molecule has 0 bridgehead atoms. The molecule has 1 aliphatic heterocycles. The van der Waals surface area contributed by atoms with Crippen molar-refractivity contribution in [2.45, 2.75) is 44.2 Å². The quantitative estimate of drug-likeness (QED) is 0.885. The summed E-state index contributed by atoms with van der Waals surface area (Å²) >= 11 is 0. The molecular weight excluding hydrogens is 280 g/mol. The van der Waals surface area contributed by atoms with E-state index in [1.54, 1.807) is 4.68 Å². The number of rotatable bonds is 2. The predicted octanol–water partition coefficient (Wildman–Crippen LogP) is 1.01. The molecule has 2 fully saturated rings. The van der Waals surface area contributed by atoms with Gasteiger partial charge in [0.15, 0.2) is 0 Å². The molecule has 22 heavy (non-hydrogen) atoms. The first kappa shape index (κ1) is 15.5. The Hall–Kier alpha value is -1.40. The van der Waals surface area contributed by atoms with E-state index in [1.807, 2.05) is 31.3 Å². The summed E-state index contributed by atoms with van der Waals surface area (Å²) in [5.41, 5.74) is 6.58. The number of morpholine rings is 1. The van der Waals surface area contributed by atoms with Gasteiger partial charge in [0.1, 0.15) is 5.60 Å². The smallest absolute Gasteiger partial charge is 0.225 e. The number of hydrogen-bond acceptors (Lipinski definition) is 4. The van der Waals surface area contributed by atoms with Crippen molar-refractivity contribution in [1.82, 2.24) is 14.7 Å². The van der Waals surface area contributed by atoms with E-state index in [2.05, 4.69) is 5.10 Å². The SMILES string of the molecule is Cn1cc(C2(C)CN(C(=O)C3CCCC(N)C3)CCO2)cn1. The number of aromatic nitrogens is 2. The average molecular weight is 306 g/mol. The van der Waals surface area contributed by atoms with Gasteiger partial charge in [-0.25, -0.2) is 0 Å². The van der Waals surface area contributed by atoms with Crippen LogP contribution < -0.4 is 5.73 Å². The molecule has 1 aliphatic carbocycles. The molecule has 2 N–H and O–H groups in total. The van der Waals surface area contributed by atoms with Crippen LogP contribution in [0.15, 0.2) is 12.4 Å². The third kappa shape index (κ3) is 3.03. The number of carbonyl (C=O) groups is 1. The number of aryl methyl sites for hydroxylation is 1. The van der Waals surface area contributed by atoms with Crippen LogP contribution in [0, 0.1) is 5.92 Å².